The molecular weight excluding hydrogens is 254 g/mol. The van der Waals surface area contributed by atoms with Crippen LogP contribution >= 0.6 is 12.2 Å². The number of hydrogen-bond acceptors (Lipinski definition) is 2. The first kappa shape index (κ1) is 16.7. The predicted molar refractivity (Wildman–Crippen MR) is 87.1 cm³/mol. The van der Waals surface area contributed by atoms with Gasteiger partial charge in [0.15, 0.2) is 5.11 Å². The van der Waals surface area contributed by atoms with E-state index in [9.17, 15) is 0 Å². The zero-order valence-electron chi connectivity index (χ0n) is 12.6. The maximum atomic E-state index is 5.30. The molecule has 0 bridgehead atoms. The molecule has 1 saturated heterocycles. The van der Waals surface area contributed by atoms with Crippen LogP contribution in [0.25, 0.3) is 0 Å². The third-order valence-electron chi connectivity index (χ3n) is 3.71. The van der Waals surface area contributed by atoms with Gasteiger partial charge in [-0.15, -0.1) is 0 Å². The van der Waals surface area contributed by atoms with Gasteiger partial charge in [-0.3, -0.25) is 5.32 Å². The summed E-state index contributed by atoms with van der Waals surface area (Å²) >= 11 is 5.30. The fourth-order valence-electron chi connectivity index (χ4n) is 2.55. The van der Waals surface area contributed by atoms with Gasteiger partial charge in [0.2, 0.25) is 0 Å². The van der Waals surface area contributed by atoms with Crippen molar-refractivity contribution in [1.82, 2.24) is 16.0 Å². The number of hydrogen-bond donors (Lipinski definition) is 3. The van der Waals surface area contributed by atoms with E-state index in [0.717, 1.165) is 5.11 Å². The molecule has 3 nitrogen and oxygen atoms in total. The average Bonchev–Trinajstić information content (AvgIpc) is 2.39. The third-order valence-corrected chi connectivity index (χ3v) is 3.94. The summed E-state index contributed by atoms with van der Waals surface area (Å²) < 4.78 is 0. The van der Waals surface area contributed by atoms with Crippen molar-refractivity contribution in [3.63, 3.8) is 0 Å². The van der Waals surface area contributed by atoms with Gasteiger partial charge in [0.25, 0.3) is 0 Å². The molecule has 3 N–H and O–H groups in total. The molecule has 4 heteroatoms. The quantitative estimate of drug-likeness (QED) is 0.423. The Bertz CT molecular complexity index is 224. The minimum atomic E-state index is 0.363. The van der Waals surface area contributed by atoms with Gasteiger partial charge in [-0.05, 0) is 25.1 Å². The number of rotatable bonds is 10. The Hall–Kier alpha value is -0.350. The van der Waals surface area contributed by atoms with Crippen LogP contribution in [0, 0.1) is 0 Å². The molecule has 1 fully saturated rings. The van der Waals surface area contributed by atoms with E-state index in [0.29, 0.717) is 12.3 Å². The van der Waals surface area contributed by atoms with Gasteiger partial charge in [0.1, 0.15) is 0 Å². The number of unbranched alkanes of at least 4 members (excludes halogenated alkanes) is 6. The van der Waals surface area contributed by atoms with Crippen molar-refractivity contribution in [2.45, 2.75) is 90.4 Å². The molecule has 2 unspecified atom stereocenters. The van der Waals surface area contributed by atoms with E-state index < -0.39 is 0 Å². The lowest BCUT2D eigenvalue weighted by Gasteiger charge is -2.34. The highest BCUT2D eigenvalue weighted by molar-refractivity contribution is 7.80. The standard InChI is InChI=1S/C15H31N3S/c1-3-5-7-9-11-13-16-14(18-15(19)17-13)12-10-8-6-4-2/h13-14,16H,3-12H2,1-2H3,(H2,17,18,19). The van der Waals surface area contributed by atoms with Crippen LogP contribution in [0.4, 0.5) is 0 Å². The van der Waals surface area contributed by atoms with E-state index >= 15 is 0 Å². The van der Waals surface area contributed by atoms with E-state index in [-0.39, 0.29) is 0 Å². The Morgan fingerprint density at radius 2 is 1.26 bits per heavy atom. The van der Waals surface area contributed by atoms with Crippen molar-refractivity contribution in [2.24, 2.45) is 0 Å². The lowest BCUT2D eigenvalue weighted by molar-refractivity contribution is 0.313. The van der Waals surface area contributed by atoms with Crippen molar-refractivity contribution in [3.05, 3.63) is 0 Å². The van der Waals surface area contributed by atoms with Crippen LogP contribution < -0.4 is 16.0 Å². The minimum Gasteiger partial charge on any atom is -0.347 e. The summed E-state index contributed by atoms with van der Waals surface area (Å²) in [5.74, 6) is 0. The Kier molecular flexibility index (Phi) is 9.18. The molecule has 2 atom stereocenters. The minimum absolute atomic E-state index is 0.363. The number of nitrogens with one attached hydrogen (secondary N) is 3. The predicted octanol–water partition coefficient (Wildman–Crippen LogP) is 3.65. The Labute approximate surface area is 124 Å². The van der Waals surface area contributed by atoms with Crippen LogP contribution in [0.1, 0.15) is 78.1 Å². The SMILES string of the molecule is CCCCCCC1NC(=S)NC(CCCCCC)N1. The van der Waals surface area contributed by atoms with E-state index in [1.807, 2.05) is 0 Å². The van der Waals surface area contributed by atoms with E-state index in [1.54, 1.807) is 0 Å². The van der Waals surface area contributed by atoms with Crippen molar-refractivity contribution in [1.29, 1.82) is 0 Å². The second-order valence-electron chi connectivity index (χ2n) is 5.59. The molecule has 1 aliphatic rings. The summed E-state index contributed by atoms with van der Waals surface area (Å²) in [4.78, 5) is 0. The van der Waals surface area contributed by atoms with E-state index in [4.69, 9.17) is 12.2 Å². The van der Waals surface area contributed by atoms with Crippen molar-refractivity contribution >= 4 is 17.3 Å². The Morgan fingerprint density at radius 3 is 1.68 bits per heavy atom. The second-order valence-corrected chi connectivity index (χ2v) is 6.00. The van der Waals surface area contributed by atoms with Gasteiger partial charge in [0, 0.05) is 0 Å². The molecular formula is C15H31N3S. The average molecular weight is 286 g/mol. The maximum Gasteiger partial charge on any atom is 0.168 e. The summed E-state index contributed by atoms with van der Waals surface area (Å²) in [5.41, 5.74) is 0. The molecule has 0 spiro atoms. The van der Waals surface area contributed by atoms with Gasteiger partial charge in [-0.2, -0.15) is 0 Å². The first-order chi connectivity index (χ1) is 9.26. The monoisotopic (exact) mass is 285 g/mol. The molecule has 112 valence electrons. The van der Waals surface area contributed by atoms with Crippen LogP contribution in [0.3, 0.4) is 0 Å². The zero-order chi connectivity index (χ0) is 13.9. The molecule has 1 rings (SSSR count). The molecule has 1 aliphatic heterocycles. The number of thiocarbonyl (C=S) groups is 1. The first-order valence-electron chi connectivity index (χ1n) is 8.09. The Morgan fingerprint density at radius 1 is 0.789 bits per heavy atom. The van der Waals surface area contributed by atoms with Gasteiger partial charge in [0.05, 0.1) is 12.3 Å². The van der Waals surface area contributed by atoms with E-state index in [1.165, 1.54) is 64.2 Å². The van der Waals surface area contributed by atoms with Crippen LogP contribution in [0.2, 0.25) is 0 Å². The van der Waals surface area contributed by atoms with Crippen LogP contribution in [-0.4, -0.2) is 17.4 Å². The lowest BCUT2D eigenvalue weighted by Crippen LogP contribution is -2.64. The summed E-state index contributed by atoms with van der Waals surface area (Å²) in [5, 5.41) is 11.1. The molecule has 0 aromatic rings. The fourth-order valence-corrected chi connectivity index (χ4v) is 2.83. The normalized spacial score (nSPS) is 22.9. The van der Waals surface area contributed by atoms with Gasteiger partial charge in [-0.25, -0.2) is 0 Å². The van der Waals surface area contributed by atoms with Gasteiger partial charge in [-0.1, -0.05) is 65.2 Å². The maximum absolute atomic E-state index is 5.30. The topological polar surface area (TPSA) is 36.1 Å². The van der Waals surface area contributed by atoms with Gasteiger partial charge < -0.3 is 10.6 Å². The summed E-state index contributed by atoms with van der Waals surface area (Å²) in [6.45, 7) is 4.50. The smallest absolute Gasteiger partial charge is 0.168 e. The molecule has 0 aromatic carbocycles. The highest BCUT2D eigenvalue weighted by atomic mass is 32.1. The molecule has 0 radical (unpaired) electrons. The molecule has 19 heavy (non-hydrogen) atoms. The van der Waals surface area contributed by atoms with Crippen molar-refractivity contribution in [3.8, 4) is 0 Å². The van der Waals surface area contributed by atoms with Crippen LogP contribution in [-0.2, 0) is 0 Å². The molecule has 0 aliphatic carbocycles. The summed E-state index contributed by atoms with van der Waals surface area (Å²) in [6, 6.07) is 0. The van der Waals surface area contributed by atoms with Crippen LogP contribution in [0.5, 0.6) is 0 Å². The third kappa shape index (κ3) is 7.73. The fraction of sp³-hybridized carbons (Fsp3) is 0.933. The zero-order valence-corrected chi connectivity index (χ0v) is 13.5. The molecule has 0 amide bonds. The van der Waals surface area contributed by atoms with Crippen LogP contribution in [0.15, 0.2) is 0 Å². The summed E-state index contributed by atoms with van der Waals surface area (Å²) in [7, 11) is 0. The largest absolute Gasteiger partial charge is 0.347 e. The first-order valence-corrected chi connectivity index (χ1v) is 8.50. The van der Waals surface area contributed by atoms with Gasteiger partial charge >= 0.3 is 0 Å². The lowest BCUT2D eigenvalue weighted by atomic mass is 10.1. The van der Waals surface area contributed by atoms with Crippen molar-refractivity contribution in [2.75, 3.05) is 0 Å². The highest BCUT2D eigenvalue weighted by Crippen LogP contribution is 2.10. The highest BCUT2D eigenvalue weighted by Gasteiger charge is 2.21. The Balaban J connectivity index is 2.18. The second kappa shape index (κ2) is 10.4. The van der Waals surface area contributed by atoms with E-state index in [2.05, 4.69) is 29.8 Å². The summed E-state index contributed by atoms with van der Waals surface area (Å²) in [6.07, 6.45) is 13.6. The molecule has 0 saturated carbocycles. The van der Waals surface area contributed by atoms with Crippen molar-refractivity contribution < 1.29 is 0 Å². The molecule has 0 aromatic heterocycles. The molecule has 1 heterocycles.